The molecule has 0 saturated carbocycles. The Bertz CT molecular complexity index is 584. The molecule has 0 bridgehead atoms. The molecule has 0 fully saturated rings. The van der Waals surface area contributed by atoms with E-state index < -0.39 is 0 Å². The number of carbonyl (C=O) groups is 1. The first-order chi connectivity index (χ1) is 9.20. The van der Waals surface area contributed by atoms with E-state index in [1.807, 2.05) is 19.1 Å². The highest BCUT2D eigenvalue weighted by Crippen LogP contribution is 2.10. The van der Waals surface area contributed by atoms with Gasteiger partial charge in [-0.05, 0) is 30.7 Å². The van der Waals surface area contributed by atoms with Crippen molar-refractivity contribution in [3.05, 3.63) is 53.5 Å². The van der Waals surface area contributed by atoms with E-state index in [-0.39, 0.29) is 5.97 Å². The van der Waals surface area contributed by atoms with Gasteiger partial charge in [0.05, 0.1) is 24.9 Å². The van der Waals surface area contributed by atoms with Crippen LogP contribution in [0.25, 0.3) is 0 Å². The molecule has 0 aliphatic carbocycles. The molecule has 98 valence electrons. The molecular formula is C14H15N3O2. The minimum Gasteiger partial charge on any atom is -0.465 e. The summed E-state index contributed by atoms with van der Waals surface area (Å²) in [6.45, 7) is 2.56. The topological polar surface area (TPSA) is 64.1 Å². The zero-order valence-corrected chi connectivity index (χ0v) is 10.9. The van der Waals surface area contributed by atoms with Crippen molar-refractivity contribution in [2.75, 3.05) is 12.4 Å². The lowest BCUT2D eigenvalue weighted by atomic mass is 10.2. The van der Waals surface area contributed by atoms with Crippen LogP contribution in [0.3, 0.4) is 0 Å². The van der Waals surface area contributed by atoms with Crippen molar-refractivity contribution in [1.29, 1.82) is 0 Å². The summed E-state index contributed by atoms with van der Waals surface area (Å²) in [5.41, 5.74) is 2.53. The summed E-state index contributed by atoms with van der Waals surface area (Å²) in [6, 6.07) is 7.17. The van der Waals surface area contributed by atoms with Gasteiger partial charge >= 0.3 is 5.97 Å². The number of nitrogens with one attached hydrogen (secondary N) is 1. The van der Waals surface area contributed by atoms with Crippen LogP contribution in [-0.2, 0) is 11.3 Å². The van der Waals surface area contributed by atoms with Crippen LogP contribution in [0.4, 0.5) is 5.82 Å². The van der Waals surface area contributed by atoms with E-state index in [2.05, 4.69) is 20.0 Å². The van der Waals surface area contributed by atoms with Crippen LogP contribution in [0, 0.1) is 6.92 Å². The number of aromatic nitrogens is 2. The number of methoxy groups -OCH3 is 1. The molecule has 19 heavy (non-hydrogen) atoms. The van der Waals surface area contributed by atoms with Crippen molar-refractivity contribution < 1.29 is 9.53 Å². The average molecular weight is 257 g/mol. The largest absolute Gasteiger partial charge is 0.465 e. The Hall–Kier alpha value is -2.43. The minimum atomic E-state index is -0.375. The van der Waals surface area contributed by atoms with Gasteiger partial charge in [0.2, 0.25) is 0 Å². The quantitative estimate of drug-likeness (QED) is 0.850. The number of ether oxygens (including phenoxy) is 1. The summed E-state index contributed by atoms with van der Waals surface area (Å²) >= 11 is 0. The molecule has 0 aliphatic rings. The molecule has 0 saturated heterocycles. The predicted octanol–water partition coefficient (Wildman–Crippen LogP) is 2.18. The Morgan fingerprint density at radius 2 is 2.16 bits per heavy atom. The second-order valence-corrected chi connectivity index (χ2v) is 4.04. The number of carbonyl (C=O) groups excluding carboxylic acids is 1. The number of pyridine rings is 2. The van der Waals surface area contributed by atoms with E-state index in [1.54, 1.807) is 24.5 Å². The third-order valence-electron chi connectivity index (χ3n) is 2.74. The molecule has 0 radical (unpaired) electrons. The smallest absolute Gasteiger partial charge is 0.338 e. The number of hydrogen-bond acceptors (Lipinski definition) is 5. The second kappa shape index (κ2) is 5.95. The summed E-state index contributed by atoms with van der Waals surface area (Å²) in [5, 5.41) is 3.14. The fourth-order valence-corrected chi connectivity index (χ4v) is 1.65. The lowest BCUT2D eigenvalue weighted by Crippen LogP contribution is -2.07. The van der Waals surface area contributed by atoms with Gasteiger partial charge in [-0.15, -0.1) is 0 Å². The van der Waals surface area contributed by atoms with Gasteiger partial charge in [0.1, 0.15) is 5.82 Å². The monoisotopic (exact) mass is 257 g/mol. The average Bonchev–Trinajstić information content (AvgIpc) is 2.46. The van der Waals surface area contributed by atoms with Crippen LogP contribution in [-0.4, -0.2) is 23.0 Å². The van der Waals surface area contributed by atoms with E-state index in [0.29, 0.717) is 17.9 Å². The maximum Gasteiger partial charge on any atom is 0.338 e. The van der Waals surface area contributed by atoms with Crippen LogP contribution in [0.15, 0.2) is 36.7 Å². The summed E-state index contributed by atoms with van der Waals surface area (Å²) in [6.07, 6.45) is 3.32. The molecule has 0 amide bonds. The van der Waals surface area contributed by atoms with E-state index in [9.17, 15) is 4.79 Å². The van der Waals surface area contributed by atoms with Crippen molar-refractivity contribution >= 4 is 11.8 Å². The van der Waals surface area contributed by atoms with Gasteiger partial charge in [-0.25, -0.2) is 9.78 Å². The molecule has 5 heteroatoms. The van der Waals surface area contributed by atoms with Crippen molar-refractivity contribution in [3.63, 3.8) is 0 Å². The maximum absolute atomic E-state index is 11.4. The molecule has 0 aliphatic heterocycles. The highest BCUT2D eigenvalue weighted by atomic mass is 16.5. The first-order valence-electron chi connectivity index (χ1n) is 5.89. The molecule has 0 unspecified atom stereocenters. The van der Waals surface area contributed by atoms with Crippen LogP contribution in [0.1, 0.15) is 21.6 Å². The number of rotatable bonds is 4. The first-order valence-corrected chi connectivity index (χ1v) is 5.89. The Morgan fingerprint density at radius 1 is 1.32 bits per heavy atom. The summed E-state index contributed by atoms with van der Waals surface area (Å²) < 4.78 is 4.67. The van der Waals surface area contributed by atoms with Crippen LogP contribution >= 0.6 is 0 Å². The number of nitrogens with zero attached hydrogens (tertiary/aromatic N) is 2. The molecule has 2 aromatic rings. The zero-order chi connectivity index (χ0) is 13.7. The zero-order valence-electron chi connectivity index (χ0n) is 10.9. The molecule has 5 nitrogen and oxygen atoms in total. The van der Waals surface area contributed by atoms with Crippen LogP contribution < -0.4 is 5.32 Å². The number of anilines is 1. The third-order valence-corrected chi connectivity index (χ3v) is 2.74. The van der Waals surface area contributed by atoms with Gasteiger partial charge in [0, 0.05) is 12.4 Å². The van der Waals surface area contributed by atoms with Crippen molar-refractivity contribution in [2.24, 2.45) is 0 Å². The molecule has 2 aromatic heterocycles. The van der Waals surface area contributed by atoms with Crippen molar-refractivity contribution in [3.8, 4) is 0 Å². The first kappa shape index (κ1) is 13.0. The van der Waals surface area contributed by atoms with Gasteiger partial charge < -0.3 is 10.1 Å². The molecule has 0 aromatic carbocycles. The van der Waals surface area contributed by atoms with Crippen molar-refractivity contribution in [1.82, 2.24) is 9.97 Å². The van der Waals surface area contributed by atoms with E-state index in [0.717, 1.165) is 11.3 Å². The van der Waals surface area contributed by atoms with Crippen LogP contribution in [0.5, 0.6) is 0 Å². The fraction of sp³-hybridized carbons (Fsp3) is 0.214. The highest BCUT2D eigenvalue weighted by molar-refractivity contribution is 5.89. The van der Waals surface area contributed by atoms with E-state index >= 15 is 0 Å². The van der Waals surface area contributed by atoms with Crippen molar-refractivity contribution in [2.45, 2.75) is 13.5 Å². The Morgan fingerprint density at radius 3 is 2.89 bits per heavy atom. The molecule has 0 spiro atoms. The Kier molecular flexibility index (Phi) is 4.07. The summed E-state index contributed by atoms with van der Waals surface area (Å²) in [7, 11) is 1.35. The lowest BCUT2D eigenvalue weighted by Gasteiger charge is -2.08. The number of hydrogen-bond donors (Lipinski definition) is 1. The van der Waals surface area contributed by atoms with Gasteiger partial charge in [0.25, 0.3) is 0 Å². The molecule has 2 rings (SSSR count). The molecular weight excluding hydrogens is 242 g/mol. The Labute approximate surface area is 111 Å². The second-order valence-electron chi connectivity index (χ2n) is 4.04. The molecule has 0 atom stereocenters. The maximum atomic E-state index is 11.4. The van der Waals surface area contributed by atoms with E-state index in [4.69, 9.17) is 0 Å². The van der Waals surface area contributed by atoms with Gasteiger partial charge in [-0.3, -0.25) is 4.98 Å². The number of aryl methyl sites for hydroxylation is 1. The van der Waals surface area contributed by atoms with Gasteiger partial charge in [0.15, 0.2) is 0 Å². The van der Waals surface area contributed by atoms with Gasteiger partial charge in [-0.2, -0.15) is 0 Å². The standard InChI is InChI=1S/C14H15N3O2/c1-10-4-3-6-15-12(10)9-17-13-8-11(5-7-16-13)14(18)19-2/h3-8H,9H2,1-2H3,(H,16,17). The normalized spacial score (nSPS) is 10.0. The predicted molar refractivity (Wildman–Crippen MR) is 71.9 cm³/mol. The summed E-state index contributed by atoms with van der Waals surface area (Å²) in [5.74, 6) is 0.243. The lowest BCUT2D eigenvalue weighted by molar-refractivity contribution is 0.0600. The molecule has 2 heterocycles. The SMILES string of the molecule is COC(=O)c1ccnc(NCc2ncccc2C)c1. The van der Waals surface area contributed by atoms with Gasteiger partial charge in [-0.1, -0.05) is 6.07 Å². The fourth-order valence-electron chi connectivity index (χ4n) is 1.65. The van der Waals surface area contributed by atoms with E-state index in [1.165, 1.54) is 7.11 Å². The molecule has 1 N–H and O–H groups in total. The minimum absolute atomic E-state index is 0.375. The number of esters is 1. The van der Waals surface area contributed by atoms with Crippen LogP contribution in [0.2, 0.25) is 0 Å². The Balaban J connectivity index is 2.08. The highest BCUT2D eigenvalue weighted by Gasteiger charge is 2.06. The summed E-state index contributed by atoms with van der Waals surface area (Å²) in [4.78, 5) is 19.8. The third kappa shape index (κ3) is 3.28.